The number of hydrogen-bond acceptors (Lipinski definition) is 5. The molecule has 2 heterocycles. The summed E-state index contributed by atoms with van der Waals surface area (Å²) in [5.41, 5.74) is 4.89. The lowest BCUT2D eigenvalue weighted by Gasteiger charge is -2.30. The first-order valence-corrected chi connectivity index (χ1v) is 7.64. The minimum atomic E-state index is 0.439. The molecule has 0 amide bonds. The highest BCUT2D eigenvalue weighted by Gasteiger charge is 2.23. The van der Waals surface area contributed by atoms with E-state index in [1.54, 1.807) is 0 Å². The summed E-state index contributed by atoms with van der Waals surface area (Å²) >= 11 is 0. The molecule has 0 radical (unpaired) electrons. The second-order valence-electron chi connectivity index (χ2n) is 5.58. The van der Waals surface area contributed by atoms with Crippen LogP contribution in [0.5, 0.6) is 0 Å². The van der Waals surface area contributed by atoms with Gasteiger partial charge in [-0.15, -0.1) is 0 Å². The van der Waals surface area contributed by atoms with Gasteiger partial charge in [0.2, 0.25) is 5.89 Å². The predicted octanol–water partition coefficient (Wildman–Crippen LogP) is 2.30. The number of rotatable bonds is 5. The molecular formula is C16H22N4O. The van der Waals surface area contributed by atoms with Crippen molar-refractivity contribution in [2.75, 3.05) is 19.6 Å². The average Bonchev–Trinajstić information content (AvgIpc) is 2.96. The van der Waals surface area contributed by atoms with Crippen molar-refractivity contribution in [3.8, 4) is 0 Å². The minimum absolute atomic E-state index is 0.439. The normalized spacial score (nSPS) is 17.2. The van der Waals surface area contributed by atoms with Gasteiger partial charge >= 0.3 is 0 Å². The largest absolute Gasteiger partial charge is 0.340 e. The smallest absolute Gasteiger partial charge is 0.223 e. The molecule has 0 saturated carbocycles. The monoisotopic (exact) mass is 286 g/mol. The SMILES string of the molecule is Cc1nc(C2CCN(NCCc3ccccc3)CC2)no1. The maximum absolute atomic E-state index is 5.07. The number of nitrogens with one attached hydrogen (secondary N) is 1. The topological polar surface area (TPSA) is 54.2 Å². The van der Waals surface area contributed by atoms with E-state index in [0.717, 1.165) is 44.7 Å². The molecule has 0 bridgehead atoms. The van der Waals surface area contributed by atoms with Crippen LogP contribution >= 0.6 is 0 Å². The Morgan fingerprint density at radius 2 is 2.00 bits per heavy atom. The fraction of sp³-hybridized carbons (Fsp3) is 0.500. The molecule has 3 rings (SSSR count). The molecule has 0 aliphatic carbocycles. The van der Waals surface area contributed by atoms with Crippen LogP contribution in [0.4, 0.5) is 0 Å². The van der Waals surface area contributed by atoms with Gasteiger partial charge in [0, 0.05) is 32.5 Å². The molecule has 1 N–H and O–H groups in total. The average molecular weight is 286 g/mol. The van der Waals surface area contributed by atoms with Crippen LogP contribution in [0, 0.1) is 6.92 Å². The summed E-state index contributed by atoms with van der Waals surface area (Å²) in [7, 11) is 0. The van der Waals surface area contributed by atoms with E-state index in [2.05, 4.69) is 50.9 Å². The zero-order chi connectivity index (χ0) is 14.5. The van der Waals surface area contributed by atoms with Gasteiger partial charge in [0.25, 0.3) is 0 Å². The van der Waals surface area contributed by atoms with E-state index in [0.29, 0.717) is 11.8 Å². The lowest BCUT2D eigenvalue weighted by atomic mass is 9.97. The standard InChI is InChI=1S/C16H22N4O/c1-13-18-16(19-21-13)15-8-11-20(12-9-15)17-10-7-14-5-3-2-4-6-14/h2-6,15,17H,7-12H2,1H3. The molecule has 21 heavy (non-hydrogen) atoms. The molecule has 1 aliphatic heterocycles. The predicted molar refractivity (Wildman–Crippen MR) is 80.7 cm³/mol. The van der Waals surface area contributed by atoms with E-state index < -0.39 is 0 Å². The van der Waals surface area contributed by atoms with E-state index in [-0.39, 0.29) is 0 Å². The summed E-state index contributed by atoms with van der Waals surface area (Å²) in [5, 5.41) is 6.35. The quantitative estimate of drug-likeness (QED) is 0.914. The Balaban J connectivity index is 1.40. The second kappa shape index (κ2) is 6.83. The van der Waals surface area contributed by atoms with Crippen LogP contribution in [0.25, 0.3) is 0 Å². The van der Waals surface area contributed by atoms with Crippen molar-refractivity contribution >= 4 is 0 Å². The van der Waals surface area contributed by atoms with Gasteiger partial charge in [-0.2, -0.15) is 4.98 Å². The summed E-state index contributed by atoms with van der Waals surface area (Å²) in [4.78, 5) is 4.34. The Morgan fingerprint density at radius 3 is 2.67 bits per heavy atom. The van der Waals surface area contributed by atoms with E-state index >= 15 is 0 Å². The Labute approximate surface area is 125 Å². The maximum Gasteiger partial charge on any atom is 0.223 e. The van der Waals surface area contributed by atoms with Crippen LogP contribution in [0.15, 0.2) is 34.9 Å². The van der Waals surface area contributed by atoms with Crippen LogP contribution in [0.1, 0.15) is 36.0 Å². The first-order chi connectivity index (χ1) is 10.3. The Bertz CT molecular complexity index is 546. The number of hydrogen-bond donors (Lipinski definition) is 1. The number of benzene rings is 1. The lowest BCUT2D eigenvalue weighted by molar-refractivity contribution is 0.141. The van der Waals surface area contributed by atoms with Crippen molar-refractivity contribution < 1.29 is 4.52 Å². The van der Waals surface area contributed by atoms with Gasteiger partial charge in [-0.05, 0) is 24.8 Å². The highest BCUT2D eigenvalue weighted by Crippen LogP contribution is 2.24. The molecule has 0 atom stereocenters. The molecule has 112 valence electrons. The van der Waals surface area contributed by atoms with Gasteiger partial charge in [0.1, 0.15) is 0 Å². The van der Waals surface area contributed by atoms with E-state index in [9.17, 15) is 0 Å². The fourth-order valence-corrected chi connectivity index (χ4v) is 2.78. The van der Waals surface area contributed by atoms with E-state index in [1.165, 1.54) is 5.56 Å². The summed E-state index contributed by atoms with van der Waals surface area (Å²) in [5.74, 6) is 1.97. The number of aryl methyl sites for hydroxylation is 1. The molecule has 1 saturated heterocycles. The molecule has 2 aromatic rings. The highest BCUT2D eigenvalue weighted by molar-refractivity contribution is 5.14. The molecule has 1 fully saturated rings. The van der Waals surface area contributed by atoms with Crippen LogP contribution in [-0.4, -0.2) is 34.8 Å². The van der Waals surface area contributed by atoms with Crippen molar-refractivity contribution in [1.82, 2.24) is 20.6 Å². The Hall–Kier alpha value is -1.72. The number of piperidine rings is 1. The third kappa shape index (κ3) is 3.89. The lowest BCUT2D eigenvalue weighted by Crippen LogP contribution is -2.44. The van der Waals surface area contributed by atoms with E-state index in [4.69, 9.17) is 4.52 Å². The first kappa shape index (κ1) is 14.2. The molecule has 0 unspecified atom stereocenters. The molecule has 1 aromatic carbocycles. The summed E-state index contributed by atoms with van der Waals surface area (Å²) in [6, 6.07) is 10.6. The van der Waals surface area contributed by atoms with Crippen molar-refractivity contribution in [3.63, 3.8) is 0 Å². The fourth-order valence-electron chi connectivity index (χ4n) is 2.78. The molecule has 5 nitrogen and oxygen atoms in total. The van der Waals surface area contributed by atoms with Crippen molar-refractivity contribution in [1.29, 1.82) is 0 Å². The summed E-state index contributed by atoms with van der Waals surface area (Å²) < 4.78 is 5.07. The summed E-state index contributed by atoms with van der Waals surface area (Å²) in [6.07, 6.45) is 3.22. The number of nitrogens with zero attached hydrogens (tertiary/aromatic N) is 3. The molecule has 5 heteroatoms. The van der Waals surface area contributed by atoms with Crippen LogP contribution in [-0.2, 0) is 6.42 Å². The van der Waals surface area contributed by atoms with Crippen molar-refractivity contribution in [2.24, 2.45) is 0 Å². The van der Waals surface area contributed by atoms with Gasteiger partial charge in [-0.25, -0.2) is 5.01 Å². The number of hydrazine groups is 1. The van der Waals surface area contributed by atoms with Gasteiger partial charge in [0.15, 0.2) is 5.82 Å². The Kier molecular flexibility index (Phi) is 4.62. The van der Waals surface area contributed by atoms with Gasteiger partial charge < -0.3 is 4.52 Å². The number of aromatic nitrogens is 2. The molecular weight excluding hydrogens is 264 g/mol. The van der Waals surface area contributed by atoms with Gasteiger partial charge in [-0.3, -0.25) is 5.43 Å². The maximum atomic E-state index is 5.07. The van der Waals surface area contributed by atoms with Crippen LogP contribution in [0.2, 0.25) is 0 Å². The minimum Gasteiger partial charge on any atom is -0.340 e. The van der Waals surface area contributed by atoms with Gasteiger partial charge in [0.05, 0.1) is 0 Å². The third-order valence-electron chi connectivity index (χ3n) is 4.00. The highest BCUT2D eigenvalue weighted by atomic mass is 16.5. The molecule has 1 aromatic heterocycles. The summed E-state index contributed by atoms with van der Waals surface area (Å²) in [6.45, 7) is 4.90. The molecule has 1 aliphatic rings. The molecule has 0 spiro atoms. The Morgan fingerprint density at radius 1 is 1.24 bits per heavy atom. The third-order valence-corrected chi connectivity index (χ3v) is 4.00. The van der Waals surface area contributed by atoms with Crippen LogP contribution in [0.3, 0.4) is 0 Å². The van der Waals surface area contributed by atoms with E-state index in [1.807, 2.05) is 6.92 Å². The van der Waals surface area contributed by atoms with Crippen molar-refractivity contribution in [3.05, 3.63) is 47.6 Å². The van der Waals surface area contributed by atoms with Crippen LogP contribution < -0.4 is 5.43 Å². The van der Waals surface area contributed by atoms with Gasteiger partial charge in [-0.1, -0.05) is 35.5 Å². The van der Waals surface area contributed by atoms with Crippen molar-refractivity contribution in [2.45, 2.75) is 32.1 Å². The second-order valence-corrected chi connectivity index (χ2v) is 5.58. The zero-order valence-corrected chi connectivity index (χ0v) is 12.5. The first-order valence-electron chi connectivity index (χ1n) is 7.64. The zero-order valence-electron chi connectivity index (χ0n) is 12.5.